The number of allylic oxidation sites excluding steroid dienone is 1. The Morgan fingerprint density at radius 1 is 1.39 bits per heavy atom. The fourth-order valence-electron chi connectivity index (χ4n) is 1.55. The molecule has 0 aromatic rings. The Morgan fingerprint density at radius 3 is 2.39 bits per heavy atom. The second kappa shape index (κ2) is 14.4. The maximum absolute atomic E-state index is 10.9. The predicted molar refractivity (Wildman–Crippen MR) is 92.8 cm³/mol. The summed E-state index contributed by atoms with van der Waals surface area (Å²) in [6.07, 6.45) is 5.28. The second-order valence-corrected chi connectivity index (χ2v) is 6.19. The molecule has 0 heterocycles. The van der Waals surface area contributed by atoms with Crippen molar-refractivity contribution < 1.29 is 19.4 Å². The van der Waals surface area contributed by atoms with Gasteiger partial charge in [-0.15, -0.1) is 0 Å². The van der Waals surface area contributed by atoms with Crippen molar-refractivity contribution in [2.24, 2.45) is 11.7 Å². The summed E-state index contributed by atoms with van der Waals surface area (Å²) in [5, 5.41) is 8.41. The van der Waals surface area contributed by atoms with Crippen molar-refractivity contribution in [3.05, 3.63) is 12.2 Å². The Hall–Kier alpha value is -1.24. The minimum atomic E-state index is -0.406. The molecule has 0 aliphatic rings. The van der Waals surface area contributed by atoms with Crippen molar-refractivity contribution in [3.8, 4) is 0 Å². The van der Waals surface area contributed by atoms with Gasteiger partial charge in [-0.3, -0.25) is 14.5 Å². The van der Waals surface area contributed by atoms with E-state index in [4.69, 9.17) is 15.6 Å². The number of carbonyl (C=O) groups is 2. The van der Waals surface area contributed by atoms with E-state index in [0.29, 0.717) is 13.0 Å². The summed E-state index contributed by atoms with van der Waals surface area (Å²) < 4.78 is 5.70. The first-order chi connectivity index (χ1) is 10.7. The Labute approximate surface area is 140 Å². The lowest BCUT2D eigenvalue weighted by molar-refractivity contribution is -0.134. The van der Waals surface area contributed by atoms with Gasteiger partial charge >= 0.3 is 0 Å². The Kier molecular flexibility index (Phi) is 15.0. The van der Waals surface area contributed by atoms with E-state index in [1.807, 2.05) is 0 Å². The third kappa shape index (κ3) is 15.4. The van der Waals surface area contributed by atoms with Crippen LogP contribution in [0.3, 0.4) is 0 Å². The molecule has 0 radical (unpaired) electrons. The lowest BCUT2D eigenvalue weighted by atomic mass is 10.1. The molecule has 0 fully saturated rings. The number of carbonyl (C=O) groups excluding carboxylic acids is 2. The number of imide groups is 1. The largest absolute Gasteiger partial charge is 0.395 e. The number of hydrogen-bond donors (Lipinski definition) is 2. The number of aliphatic hydroxyl groups is 1. The molecule has 0 aliphatic heterocycles. The Bertz CT molecular complexity index is 341. The fourth-order valence-corrected chi connectivity index (χ4v) is 1.55. The summed E-state index contributed by atoms with van der Waals surface area (Å²) in [7, 11) is 0. The van der Waals surface area contributed by atoms with Crippen LogP contribution in [0.25, 0.3) is 0 Å². The first kappa shape index (κ1) is 24.0. The SMILES string of the molecule is C/C=C\C(=O)N(C=O)CCO.CC(C)CCOC(C)(C)CCN. The quantitative estimate of drug-likeness (QED) is 0.470. The van der Waals surface area contributed by atoms with Gasteiger partial charge in [0.15, 0.2) is 0 Å². The number of nitrogens with two attached hydrogens (primary N) is 1. The van der Waals surface area contributed by atoms with Crippen LogP contribution in [0.4, 0.5) is 0 Å². The Balaban J connectivity index is 0. The first-order valence-corrected chi connectivity index (χ1v) is 8.07. The molecule has 2 amide bonds. The van der Waals surface area contributed by atoms with E-state index in [0.717, 1.165) is 30.3 Å². The van der Waals surface area contributed by atoms with Crippen molar-refractivity contribution >= 4 is 12.3 Å². The molecule has 6 heteroatoms. The number of amides is 2. The van der Waals surface area contributed by atoms with E-state index in [2.05, 4.69) is 27.7 Å². The van der Waals surface area contributed by atoms with Crippen LogP contribution >= 0.6 is 0 Å². The molecule has 0 bridgehead atoms. The van der Waals surface area contributed by atoms with Gasteiger partial charge in [-0.2, -0.15) is 0 Å². The molecule has 0 saturated carbocycles. The lowest BCUT2D eigenvalue weighted by Crippen LogP contribution is -2.30. The molecule has 0 unspecified atom stereocenters. The van der Waals surface area contributed by atoms with Crippen LogP contribution in [-0.4, -0.2) is 54.2 Å². The summed E-state index contributed by atoms with van der Waals surface area (Å²) in [5.74, 6) is 0.315. The molecule has 0 aliphatic carbocycles. The minimum Gasteiger partial charge on any atom is -0.395 e. The molecule has 0 saturated heterocycles. The highest BCUT2D eigenvalue weighted by molar-refractivity contribution is 5.94. The first-order valence-electron chi connectivity index (χ1n) is 8.07. The predicted octanol–water partition coefficient (Wildman–Crippen LogP) is 1.72. The van der Waals surface area contributed by atoms with Gasteiger partial charge in [0.25, 0.3) is 5.91 Å². The normalized spacial score (nSPS) is 11.3. The minimum absolute atomic E-state index is 0.0381. The summed E-state index contributed by atoms with van der Waals surface area (Å²) in [6, 6.07) is 0. The molecule has 3 N–H and O–H groups in total. The molecule has 0 spiro atoms. The summed E-state index contributed by atoms with van der Waals surface area (Å²) in [6.45, 7) is 11.7. The van der Waals surface area contributed by atoms with Crippen LogP contribution < -0.4 is 5.73 Å². The topological polar surface area (TPSA) is 92.9 Å². The van der Waals surface area contributed by atoms with Gasteiger partial charge in [0, 0.05) is 6.61 Å². The molecule has 0 atom stereocenters. The van der Waals surface area contributed by atoms with Crippen LogP contribution in [-0.2, 0) is 14.3 Å². The average Bonchev–Trinajstić information content (AvgIpc) is 2.44. The maximum atomic E-state index is 10.9. The number of hydrogen-bond acceptors (Lipinski definition) is 5. The van der Waals surface area contributed by atoms with Gasteiger partial charge in [-0.05, 0) is 52.2 Å². The summed E-state index contributed by atoms with van der Waals surface area (Å²) in [4.78, 5) is 21.9. The van der Waals surface area contributed by atoms with Crippen LogP contribution in [0.5, 0.6) is 0 Å². The van der Waals surface area contributed by atoms with Gasteiger partial charge in [-0.25, -0.2) is 0 Å². The van der Waals surface area contributed by atoms with Crippen LogP contribution in [0.2, 0.25) is 0 Å². The summed E-state index contributed by atoms with van der Waals surface area (Å²) >= 11 is 0. The summed E-state index contributed by atoms with van der Waals surface area (Å²) in [5.41, 5.74) is 5.43. The van der Waals surface area contributed by atoms with Gasteiger partial charge in [0.05, 0.1) is 18.8 Å². The third-order valence-electron chi connectivity index (χ3n) is 2.99. The van der Waals surface area contributed by atoms with E-state index in [1.165, 1.54) is 12.2 Å². The number of nitrogens with zero attached hydrogens (tertiary/aromatic N) is 1. The van der Waals surface area contributed by atoms with Crippen molar-refractivity contribution in [2.45, 2.75) is 53.1 Å². The van der Waals surface area contributed by atoms with E-state index in [1.54, 1.807) is 6.92 Å². The highest BCUT2D eigenvalue weighted by Crippen LogP contribution is 2.14. The number of aliphatic hydroxyl groups excluding tert-OH is 1. The van der Waals surface area contributed by atoms with Gasteiger partial charge in [0.2, 0.25) is 6.41 Å². The van der Waals surface area contributed by atoms with Crippen LogP contribution in [0, 0.1) is 5.92 Å². The zero-order valence-electron chi connectivity index (χ0n) is 15.2. The molecule has 0 aromatic carbocycles. The molecule has 136 valence electrons. The van der Waals surface area contributed by atoms with Gasteiger partial charge in [0.1, 0.15) is 0 Å². The second-order valence-electron chi connectivity index (χ2n) is 6.19. The zero-order valence-corrected chi connectivity index (χ0v) is 15.2. The van der Waals surface area contributed by atoms with Gasteiger partial charge in [-0.1, -0.05) is 19.9 Å². The van der Waals surface area contributed by atoms with Crippen molar-refractivity contribution in [2.75, 3.05) is 26.3 Å². The van der Waals surface area contributed by atoms with E-state index in [9.17, 15) is 9.59 Å². The fraction of sp³-hybridized carbons (Fsp3) is 0.765. The standard InChI is InChI=1S/C10H23NO.C7H11NO3/c1-9(2)5-8-12-10(3,4)6-7-11;1-2-3-7(11)8(6-10)4-5-9/h9H,5-8,11H2,1-4H3;2-3,6,9H,4-5H2,1H3/b;3-2-. The van der Waals surface area contributed by atoms with E-state index < -0.39 is 5.91 Å². The number of ether oxygens (including phenoxy) is 1. The van der Waals surface area contributed by atoms with Crippen molar-refractivity contribution in [1.29, 1.82) is 0 Å². The Morgan fingerprint density at radius 2 is 2.00 bits per heavy atom. The lowest BCUT2D eigenvalue weighted by Gasteiger charge is -2.25. The monoisotopic (exact) mass is 330 g/mol. The van der Waals surface area contributed by atoms with Crippen molar-refractivity contribution in [1.82, 2.24) is 4.90 Å². The molecular formula is C17H34N2O4. The maximum Gasteiger partial charge on any atom is 0.252 e. The molecule has 23 heavy (non-hydrogen) atoms. The zero-order chi connectivity index (χ0) is 18.3. The number of rotatable bonds is 10. The molecule has 0 rings (SSSR count). The average molecular weight is 330 g/mol. The van der Waals surface area contributed by atoms with Crippen LogP contribution in [0.15, 0.2) is 12.2 Å². The smallest absolute Gasteiger partial charge is 0.252 e. The highest BCUT2D eigenvalue weighted by atomic mass is 16.5. The van der Waals surface area contributed by atoms with Crippen molar-refractivity contribution in [3.63, 3.8) is 0 Å². The highest BCUT2D eigenvalue weighted by Gasteiger charge is 2.16. The molecular weight excluding hydrogens is 296 g/mol. The van der Waals surface area contributed by atoms with Crippen LogP contribution in [0.1, 0.15) is 47.5 Å². The van der Waals surface area contributed by atoms with E-state index >= 15 is 0 Å². The third-order valence-corrected chi connectivity index (χ3v) is 2.99. The van der Waals surface area contributed by atoms with E-state index in [-0.39, 0.29) is 18.8 Å². The molecule has 0 aromatic heterocycles. The van der Waals surface area contributed by atoms with Gasteiger partial charge < -0.3 is 15.6 Å². The molecule has 6 nitrogen and oxygen atoms in total.